The van der Waals surface area contributed by atoms with Crippen LogP contribution in [0.25, 0.3) is 0 Å². The zero-order chi connectivity index (χ0) is 10.0. The minimum absolute atomic E-state index is 0.260. The van der Waals surface area contributed by atoms with E-state index in [1.165, 1.54) is 12.8 Å². The van der Waals surface area contributed by atoms with Crippen molar-refractivity contribution in [1.82, 2.24) is 14.9 Å². The molecule has 1 aromatic rings. The highest BCUT2D eigenvalue weighted by atomic mass is 35.5. The van der Waals surface area contributed by atoms with Crippen molar-refractivity contribution < 1.29 is 0 Å². The van der Waals surface area contributed by atoms with Gasteiger partial charge in [0.25, 0.3) is 0 Å². The number of imidazole rings is 1. The second-order valence-corrected chi connectivity index (χ2v) is 4.28. The van der Waals surface area contributed by atoms with Gasteiger partial charge < -0.3 is 9.88 Å². The van der Waals surface area contributed by atoms with Gasteiger partial charge in [-0.3, -0.25) is 0 Å². The summed E-state index contributed by atoms with van der Waals surface area (Å²) in [7, 11) is 0. The van der Waals surface area contributed by atoms with E-state index in [-0.39, 0.29) is 5.54 Å². The van der Waals surface area contributed by atoms with Crippen molar-refractivity contribution >= 4 is 11.6 Å². The molecule has 1 aliphatic carbocycles. The Morgan fingerprint density at radius 1 is 1.64 bits per heavy atom. The highest BCUT2D eigenvalue weighted by Gasteiger charge is 2.40. The van der Waals surface area contributed by atoms with Gasteiger partial charge in [0.15, 0.2) is 0 Å². The molecule has 0 aliphatic heterocycles. The summed E-state index contributed by atoms with van der Waals surface area (Å²) in [6, 6.07) is 0. The van der Waals surface area contributed by atoms with Crippen LogP contribution in [0.5, 0.6) is 0 Å². The van der Waals surface area contributed by atoms with Crippen LogP contribution in [0.1, 0.15) is 18.7 Å². The molecule has 0 spiro atoms. The second kappa shape index (κ2) is 3.91. The summed E-state index contributed by atoms with van der Waals surface area (Å²) >= 11 is 5.87. The summed E-state index contributed by atoms with van der Waals surface area (Å²) < 4.78 is 2.15. The standard InChI is InChI=1S/C10H16ClN3/c1-9-12-4-6-14(9)7-5-13-10(8-11)2-3-10/h4,6,13H,2-3,5,7-8H2,1H3. The topological polar surface area (TPSA) is 29.9 Å². The van der Waals surface area contributed by atoms with Crippen molar-refractivity contribution in [2.75, 3.05) is 12.4 Å². The van der Waals surface area contributed by atoms with E-state index < -0.39 is 0 Å². The molecule has 1 N–H and O–H groups in total. The molecule has 1 heterocycles. The van der Waals surface area contributed by atoms with Crippen molar-refractivity contribution in [1.29, 1.82) is 0 Å². The van der Waals surface area contributed by atoms with Crippen molar-refractivity contribution in [2.45, 2.75) is 31.8 Å². The van der Waals surface area contributed by atoms with Crippen LogP contribution in [0.15, 0.2) is 12.4 Å². The van der Waals surface area contributed by atoms with E-state index in [0.717, 1.165) is 24.8 Å². The lowest BCUT2D eigenvalue weighted by Gasteiger charge is -2.14. The first-order valence-electron chi connectivity index (χ1n) is 5.04. The Kier molecular flexibility index (Phi) is 2.79. The van der Waals surface area contributed by atoms with Crippen molar-refractivity contribution in [3.63, 3.8) is 0 Å². The Labute approximate surface area is 89.5 Å². The van der Waals surface area contributed by atoms with Crippen molar-refractivity contribution in [3.05, 3.63) is 18.2 Å². The van der Waals surface area contributed by atoms with Crippen LogP contribution in [0, 0.1) is 6.92 Å². The van der Waals surface area contributed by atoms with Gasteiger partial charge in [0.1, 0.15) is 5.82 Å². The molecule has 0 amide bonds. The maximum atomic E-state index is 5.87. The highest BCUT2D eigenvalue weighted by Crippen LogP contribution is 2.36. The fourth-order valence-corrected chi connectivity index (χ4v) is 1.95. The zero-order valence-electron chi connectivity index (χ0n) is 8.46. The molecule has 1 fully saturated rings. The summed E-state index contributed by atoms with van der Waals surface area (Å²) in [5.41, 5.74) is 0.260. The smallest absolute Gasteiger partial charge is 0.105 e. The van der Waals surface area contributed by atoms with Crippen LogP contribution >= 0.6 is 11.6 Å². The number of aromatic nitrogens is 2. The van der Waals surface area contributed by atoms with E-state index in [9.17, 15) is 0 Å². The average Bonchev–Trinajstić information content (AvgIpc) is 2.86. The van der Waals surface area contributed by atoms with E-state index >= 15 is 0 Å². The highest BCUT2D eigenvalue weighted by molar-refractivity contribution is 6.18. The number of hydrogen-bond donors (Lipinski definition) is 1. The van der Waals surface area contributed by atoms with Gasteiger partial charge in [-0.15, -0.1) is 11.6 Å². The van der Waals surface area contributed by atoms with Gasteiger partial charge in [-0.1, -0.05) is 0 Å². The summed E-state index contributed by atoms with van der Waals surface area (Å²) in [6.07, 6.45) is 6.29. The molecule has 2 rings (SSSR count). The van der Waals surface area contributed by atoms with Crippen LogP contribution in [0.3, 0.4) is 0 Å². The second-order valence-electron chi connectivity index (χ2n) is 4.01. The van der Waals surface area contributed by atoms with Crippen LogP contribution < -0.4 is 5.32 Å². The van der Waals surface area contributed by atoms with Gasteiger partial charge in [-0.05, 0) is 19.8 Å². The van der Waals surface area contributed by atoms with E-state index in [2.05, 4.69) is 14.9 Å². The lowest BCUT2D eigenvalue weighted by Crippen LogP contribution is -2.35. The molecule has 1 aliphatic rings. The van der Waals surface area contributed by atoms with Crippen molar-refractivity contribution in [3.8, 4) is 0 Å². The Hall–Kier alpha value is -0.540. The molecule has 78 valence electrons. The number of nitrogens with zero attached hydrogens (tertiary/aromatic N) is 2. The fourth-order valence-electron chi connectivity index (χ4n) is 1.59. The molecular formula is C10H16ClN3. The molecule has 1 aromatic heterocycles. The summed E-state index contributed by atoms with van der Waals surface area (Å²) in [4.78, 5) is 4.18. The molecule has 0 bridgehead atoms. The van der Waals surface area contributed by atoms with Gasteiger partial charge in [0, 0.05) is 36.9 Å². The number of alkyl halides is 1. The summed E-state index contributed by atoms with van der Waals surface area (Å²) in [6.45, 7) is 3.98. The third-order valence-corrected chi connectivity index (χ3v) is 3.40. The van der Waals surface area contributed by atoms with Crippen molar-refractivity contribution in [2.24, 2.45) is 0 Å². The minimum atomic E-state index is 0.260. The van der Waals surface area contributed by atoms with Gasteiger partial charge >= 0.3 is 0 Å². The molecule has 14 heavy (non-hydrogen) atoms. The van der Waals surface area contributed by atoms with Gasteiger partial charge in [-0.25, -0.2) is 4.98 Å². The normalized spacial score (nSPS) is 18.4. The third kappa shape index (κ3) is 2.10. The quantitative estimate of drug-likeness (QED) is 0.753. The van der Waals surface area contributed by atoms with Gasteiger partial charge in [0.2, 0.25) is 0 Å². The summed E-state index contributed by atoms with van der Waals surface area (Å²) in [5.74, 6) is 1.80. The first-order chi connectivity index (χ1) is 6.76. The lowest BCUT2D eigenvalue weighted by atomic mass is 10.3. The monoisotopic (exact) mass is 213 g/mol. The fraction of sp³-hybridized carbons (Fsp3) is 0.700. The van der Waals surface area contributed by atoms with E-state index in [4.69, 9.17) is 11.6 Å². The van der Waals surface area contributed by atoms with Gasteiger partial charge in [-0.2, -0.15) is 0 Å². The molecule has 0 unspecified atom stereocenters. The number of hydrogen-bond acceptors (Lipinski definition) is 2. The predicted octanol–water partition coefficient (Wildman–Crippen LogP) is 1.55. The van der Waals surface area contributed by atoms with Crippen LogP contribution in [-0.2, 0) is 6.54 Å². The SMILES string of the molecule is Cc1nccn1CCNC1(CCl)CC1. The lowest BCUT2D eigenvalue weighted by molar-refractivity contribution is 0.504. The Balaban J connectivity index is 1.76. The van der Waals surface area contributed by atoms with Crippen LogP contribution in [0.2, 0.25) is 0 Å². The van der Waals surface area contributed by atoms with Gasteiger partial charge in [0.05, 0.1) is 0 Å². The minimum Gasteiger partial charge on any atom is -0.334 e. The maximum Gasteiger partial charge on any atom is 0.105 e. The molecule has 0 radical (unpaired) electrons. The molecular weight excluding hydrogens is 198 g/mol. The Morgan fingerprint density at radius 3 is 2.93 bits per heavy atom. The Morgan fingerprint density at radius 2 is 2.43 bits per heavy atom. The number of halogens is 1. The van der Waals surface area contributed by atoms with E-state index in [0.29, 0.717) is 0 Å². The largest absolute Gasteiger partial charge is 0.334 e. The number of nitrogens with one attached hydrogen (secondary N) is 1. The first kappa shape index (κ1) is 9.99. The predicted molar refractivity (Wildman–Crippen MR) is 57.7 cm³/mol. The molecule has 1 saturated carbocycles. The average molecular weight is 214 g/mol. The zero-order valence-corrected chi connectivity index (χ0v) is 9.22. The maximum absolute atomic E-state index is 5.87. The van der Waals surface area contributed by atoms with Crippen LogP contribution in [0.4, 0.5) is 0 Å². The first-order valence-corrected chi connectivity index (χ1v) is 5.58. The Bertz CT molecular complexity index is 304. The van der Waals surface area contributed by atoms with Crippen LogP contribution in [-0.4, -0.2) is 27.5 Å². The number of rotatable bonds is 5. The van der Waals surface area contributed by atoms with E-state index in [1.54, 1.807) is 0 Å². The number of aryl methyl sites for hydroxylation is 1. The molecule has 0 aromatic carbocycles. The summed E-state index contributed by atoms with van der Waals surface area (Å²) in [5, 5.41) is 3.50. The molecule has 0 atom stereocenters. The molecule has 0 saturated heterocycles. The molecule has 3 nitrogen and oxygen atoms in total. The molecule has 4 heteroatoms. The third-order valence-electron chi connectivity index (χ3n) is 2.89. The van der Waals surface area contributed by atoms with E-state index in [1.807, 2.05) is 19.3 Å².